The SMILES string of the molecule is CN1CCC(C(CCO)C2CCC2)CC1. The van der Waals surface area contributed by atoms with Gasteiger partial charge in [0.15, 0.2) is 0 Å². The van der Waals surface area contributed by atoms with Crippen LogP contribution in [0, 0.1) is 17.8 Å². The minimum Gasteiger partial charge on any atom is -0.396 e. The molecule has 0 bridgehead atoms. The molecule has 0 spiro atoms. The zero-order valence-corrected chi connectivity index (χ0v) is 9.99. The largest absolute Gasteiger partial charge is 0.396 e. The zero-order chi connectivity index (χ0) is 10.7. The van der Waals surface area contributed by atoms with E-state index in [0.717, 1.165) is 24.2 Å². The van der Waals surface area contributed by atoms with Crippen molar-refractivity contribution in [2.24, 2.45) is 17.8 Å². The standard InChI is InChI=1S/C13H25NO/c1-14-8-5-12(6-9-14)13(7-10-15)11-3-2-4-11/h11-13,15H,2-10H2,1H3. The second-order valence-corrected chi connectivity index (χ2v) is 5.51. The van der Waals surface area contributed by atoms with Crippen LogP contribution in [0.4, 0.5) is 0 Å². The second-order valence-electron chi connectivity index (χ2n) is 5.51. The quantitative estimate of drug-likeness (QED) is 0.770. The summed E-state index contributed by atoms with van der Waals surface area (Å²) >= 11 is 0. The summed E-state index contributed by atoms with van der Waals surface area (Å²) in [5.41, 5.74) is 0. The van der Waals surface area contributed by atoms with Crippen molar-refractivity contribution in [1.29, 1.82) is 0 Å². The van der Waals surface area contributed by atoms with Crippen LogP contribution in [0.15, 0.2) is 0 Å². The van der Waals surface area contributed by atoms with Gasteiger partial charge in [0.25, 0.3) is 0 Å². The third-order valence-corrected chi connectivity index (χ3v) is 4.59. The van der Waals surface area contributed by atoms with E-state index in [0.29, 0.717) is 6.61 Å². The maximum absolute atomic E-state index is 9.18. The van der Waals surface area contributed by atoms with Gasteiger partial charge in [0, 0.05) is 6.61 Å². The third-order valence-electron chi connectivity index (χ3n) is 4.59. The lowest BCUT2D eigenvalue weighted by Gasteiger charge is -2.41. The molecule has 1 aliphatic carbocycles. The first-order chi connectivity index (χ1) is 7.31. The van der Waals surface area contributed by atoms with Crippen LogP contribution < -0.4 is 0 Å². The first-order valence-electron chi connectivity index (χ1n) is 6.60. The van der Waals surface area contributed by atoms with Gasteiger partial charge in [-0.15, -0.1) is 0 Å². The van der Waals surface area contributed by atoms with Gasteiger partial charge in [-0.2, -0.15) is 0 Å². The second kappa shape index (κ2) is 5.31. The van der Waals surface area contributed by atoms with Gasteiger partial charge in [-0.3, -0.25) is 0 Å². The Hall–Kier alpha value is -0.0800. The van der Waals surface area contributed by atoms with E-state index >= 15 is 0 Å². The van der Waals surface area contributed by atoms with E-state index < -0.39 is 0 Å². The van der Waals surface area contributed by atoms with E-state index in [9.17, 15) is 5.11 Å². The average molecular weight is 211 g/mol. The summed E-state index contributed by atoms with van der Waals surface area (Å²) in [6.45, 7) is 2.92. The van der Waals surface area contributed by atoms with Gasteiger partial charge >= 0.3 is 0 Å². The van der Waals surface area contributed by atoms with Crippen LogP contribution in [-0.4, -0.2) is 36.8 Å². The Morgan fingerprint density at radius 2 is 1.73 bits per heavy atom. The molecule has 1 atom stereocenters. The van der Waals surface area contributed by atoms with Crippen LogP contribution in [0.2, 0.25) is 0 Å². The van der Waals surface area contributed by atoms with E-state index in [4.69, 9.17) is 0 Å². The molecule has 15 heavy (non-hydrogen) atoms. The fourth-order valence-corrected chi connectivity index (χ4v) is 3.33. The molecule has 1 saturated heterocycles. The van der Waals surface area contributed by atoms with Gasteiger partial charge in [-0.1, -0.05) is 19.3 Å². The minimum absolute atomic E-state index is 0.396. The van der Waals surface area contributed by atoms with E-state index in [-0.39, 0.29) is 0 Å². The number of aliphatic hydroxyl groups excluding tert-OH is 1. The Labute approximate surface area is 93.7 Å². The predicted octanol–water partition coefficient (Wildman–Crippen LogP) is 2.13. The molecule has 1 aliphatic heterocycles. The zero-order valence-electron chi connectivity index (χ0n) is 9.99. The molecule has 2 aliphatic rings. The Bertz CT molecular complexity index is 183. The number of nitrogens with zero attached hydrogens (tertiary/aromatic N) is 1. The van der Waals surface area contributed by atoms with E-state index in [2.05, 4.69) is 11.9 Å². The first-order valence-corrected chi connectivity index (χ1v) is 6.60. The van der Waals surface area contributed by atoms with E-state index in [1.165, 1.54) is 45.2 Å². The van der Waals surface area contributed by atoms with Crippen molar-refractivity contribution < 1.29 is 5.11 Å². The highest BCUT2D eigenvalue weighted by Gasteiger charge is 2.33. The van der Waals surface area contributed by atoms with E-state index in [1.807, 2.05) is 0 Å². The number of hydrogen-bond donors (Lipinski definition) is 1. The molecule has 1 saturated carbocycles. The average Bonchev–Trinajstić information content (AvgIpc) is 2.16. The minimum atomic E-state index is 0.396. The lowest BCUT2D eigenvalue weighted by Crippen LogP contribution is -2.37. The highest BCUT2D eigenvalue weighted by Crippen LogP contribution is 2.42. The van der Waals surface area contributed by atoms with Gasteiger partial charge < -0.3 is 10.0 Å². The molecule has 88 valence electrons. The van der Waals surface area contributed by atoms with Crippen molar-refractivity contribution >= 4 is 0 Å². The van der Waals surface area contributed by atoms with Crippen LogP contribution in [-0.2, 0) is 0 Å². The molecular weight excluding hydrogens is 186 g/mol. The molecule has 0 aromatic carbocycles. The summed E-state index contributed by atoms with van der Waals surface area (Å²) in [7, 11) is 2.22. The van der Waals surface area contributed by atoms with Crippen molar-refractivity contribution in [2.75, 3.05) is 26.7 Å². The topological polar surface area (TPSA) is 23.5 Å². The molecular formula is C13H25NO. The molecule has 2 fully saturated rings. The molecule has 2 nitrogen and oxygen atoms in total. The van der Waals surface area contributed by atoms with Crippen LogP contribution in [0.25, 0.3) is 0 Å². The maximum atomic E-state index is 9.18. The molecule has 1 heterocycles. The molecule has 0 amide bonds. The van der Waals surface area contributed by atoms with Gasteiger partial charge in [0.1, 0.15) is 0 Å². The maximum Gasteiger partial charge on any atom is 0.0433 e. The molecule has 0 radical (unpaired) electrons. The van der Waals surface area contributed by atoms with E-state index in [1.54, 1.807) is 0 Å². The number of piperidine rings is 1. The lowest BCUT2D eigenvalue weighted by molar-refractivity contribution is 0.0719. The third kappa shape index (κ3) is 2.73. The van der Waals surface area contributed by atoms with Crippen molar-refractivity contribution in [3.8, 4) is 0 Å². The van der Waals surface area contributed by atoms with Crippen LogP contribution in [0.5, 0.6) is 0 Å². The molecule has 0 aromatic rings. The molecule has 1 N–H and O–H groups in total. The number of hydrogen-bond acceptors (Lipinski definition) is 2. The summed E-state index contributed by atoms with van der Waals surface area (Å²) in [6, 6.07) is 0. The fourth-order valence-electron chi connectivity index (χ4n) is 3.33. The highest BCUT2D eigenvalue weighted by molar-refractivity contribution is 4.85. The Morgan fingerprint density at radius 1 is 1.13 bits per heavy atom. The Morgan fingerprint density at radius 3 is 2.20 bits per heavy atom. The fraction of sp³-hybridized carbons (Fsp3) is 1.00. The van der Waals surface area contributed by atoms with Crippen molar-refractivity contribution in [1.82, 2.24) is 4.90 Å². The Kier molecular flexibility index (Phi) is 4.04. The molecule has 2 rings (SSSR count). The van der Waals surface area contributed by atoms with Gasteiger partial charge in [0.05, 0.1) is 0 Å². The number of likely N-dealkylation sites (tertiary alicyclic amines) is 1. The summed E-state index contributed by atoms with van der Waals surface area (Å²) in [4.78, 5) is 2.44. The van der Waals surface area contributed by atoms with Crippen molar-refractivity contribution in [2.45, 2.75) is 38.5 Å². The smallest absolute Gasteiger partial charge is 0.0433 e. The van der Waals surface area contributed by atoms with Crippen molar-refractivity contribution in [3.63, 3.8) is 0 Å². The highest BCUT2D eigenvalue weighted by atomic mass is 16.3. The number of aliphatic hydroxyl groups is 1. The summed E-state index contributed by atoms with van der Waals surface area (Å²) in [6.07, 6.45) is 8.06. The Balaban J connectivity index is 1.86. The van der Waals surface area contributed by atoms with Crippen LogP contribution in [0.1, 0.15) is 38.5 Å². The monoisotopic (exact) mass is 211 g/mol. The predicted molar refractivity (Wildman–Crippen MR) is 62.8 cm³/mol. The van der Waals surface area contributed by atoms with Gasteiger partial charge in [-0.25, -0.2) is 0 Å². The summed E-state index contributed by atoms with van der Waals surface area (Å²) in [5, 5.41) is 9.18. The van der Waals surface area contributed by atoms with Crippen LogP contribution in [0.3, 0.4) is 0 Å². The first kappa shape index (κ1) is 11.4. The summed E-state index contributed by atoms with van der Waals surface area (Å²) < 4.78 is 0. The lowest BCUT2D eigenvalue weighted by atomic mass is 9.67. The molecule has 0 aromatic heterocycles. The van der Waals surface area contributed by atoms with Crippen LogP contribution >= 0.6 is 0 Å². The number of rotatable bonds is 4. The molecule has 2 heteroatoms. The molecule has 1 unspecified atom stereocenters. The van der Waals surface area contributed by atoms with Gasteiger partial charge in [-0.05, 0) is 57.2 Å². The van der Waals surface area contributed by atoms with Crippen molar-refractivity contribution in [3.05, 3.63) is 0 Å². The normalized spacial score (nSPS) is 27.6. The summed E-state index contributed by atoms with van der Waals surface area (Å²) in [5.74, 6) is 2.68. The van der Waals surface area contributed by atoms with Gasteiger partial charge in [0.2, 0.25) is 0 Å².